The molecule has 8 heteroatoms. The van der Waals surface area contributed by atoms with Crippen molar-refractivity contribution in [2.45, 2.75) is 6.61 Å². The lowest BCUT2D eigenvalue weighted by molar-refractivity contribution is 0.0955. The Morgan fingerprint density at radius 1 is 1.00 bits per heavy atom. The third-order valence-electron chi connectivity index (χ3n) is 4.05. The van der Waals surface area contributed by atoms with Gasteiger partial charge in [0.05, 0.1) is 13.3 Å². The van der Waals surface area contributed by atoms with E-state index in [1.54, 1.807) is 67.8 Å². The molecule has 1 N–H and O–H groups in total. The van der Waals surface area contributed by atoms with Crippen LogP contribution in [-0.4, -0.2) is 19.2 Å². The van der Waals surface area contributed by atoms with Gasteiger partial charge >= 0.3 is 0 Å². The number of ether oxygens (including phenoxy) is 2. The van der Waals surface area contributed by atoms with E-state index >= 15 is 0 Å². The van der Waals surface area contributed by atoms with Gasteiger partial charge in [-0.05, 0) is 54.1 Å². The average Bonchev–Trinajstić information content (AvgIpc) is 2.73. The molecule has 0 saturated heterocycles. The Morgan fingerprint density at radius 2 is 1.80 bits per heavy atom. The second kappa shape index (κ2) is 10.3. The molecule has 0 radical (unpaired) electrons. The fourth-order valence-corrected chi connectivity index (χ4v) is 3.19. The summed E-state index contributed by atoms with van der Waals surface area (Å²) in [6.07, 6.45) is 1.50. The molecule has 0 fully saturated rings. The minimum Gasteiger partial charge on any atom is -0.493 e. The second-order valence-electron chi connectivity index (χ2n) is 6.14. The molecule has 0 aliphatic carbocycles. The summed E-state index contributed by atoms with van der Waals surface area (Å²) in [6, 6.07) is 17.1. The number of amides is 1. The van der Waals surface area contributed by atoms with Gasteiger partial charge in [-0.3, -0.25) is 4.79 Å². The zero-order valence-electron chi connectivity index (χ0n) is 15.9. The Bertz CT molecular complexity index is 1090. The smallest absolute Gasteiger partial charge is 0.271 e. The van der Waals surface area contributed by atoms with E-state index in [9.17, 15) is 4.79 Å². The Kier molecular flexibility index (Phi) is 7.57. The number of benzene rings is 3. The summed E-state index contributed by atoms with van der Waals surface area (Å²) in [5.41, 5.74) is 4.40. The Balaban J connectivity index is 1.64. The highest BCUT2D eigenvalue weighted by atomic mass is 35.5. The number of nitrogens with one attached hydrogen (secondary N) is 1. The molecule has 0 unspecified atom stereocenters. The zero-order chi connectivity index (χ0) is 21.5. The van der Waals surface area contributed by atoms with Crippen molar-refractivity contribution in [3.63, 3.8) is 0 Å². The van der Waals surface area contributed by atoms with E-state index in [1.165, 1.54) is 6.21 Å². The van der Waals surface area contributed by atoms with Crippen molar-refractivity contribution in [3.05, 3.63) is 92.4 Å². The van der Waals surface area contributed by atoms with Crippen LogP contribution in [0.25, 0.3) is 0 Å². The molecule has 0 atom stereocenters. The van der Waals surface area contributed by atoms with Gasteiger partial charge in [0, 0.05) is 26.2 Å². The number of carbonyl (C=O) groups is 1. The zero-order valence-corrected chi connectivity index (χ0v) is 18.1. The van der Waals surface area contributed by atoms with E-state index < -0.39 is 0 Å². The molecule has 154 valence electrons. The maximum Gasteiger partial charge on any atom is 0.271 e. The molecule has 0 bridgehead atoms. The van der Waals surface area contributed by atoms with Crippen LogP contribution in [0.5, 0.6) is 11.5 Å². The molecule has 1 amide bonds. The van der Waals surface area contributed by atoms with Crippen molar-refractivity contribution in [1.29, 1.82) is 0 Å². The molecule has 3 rings (SSSR count). The third-order valence-corrected chi connectivity index (χ3v) is 4.87. The summed E-state index contributed by atoms with van der Waals surface area (Å²) in [7, 11) is 1.54. The number of nitrogens with zero attached hydrogens (tertiary/aromatic N) is 1. The van der Waals surface area contributed by atoms with Crippen LogP contribution in [0.1, 0.15) is 21.5 Å². The highest BCUT2D eigenvalue weighted by Crippen LogP contribution is 2.29. The predicted octanol–water partition coefficient (Wildman–Crippen LogP) is 6.00. The molecular formula is C22H17Cl3N2O3. The Morgan fingerprint density at radius 3 is 2.53 bits per heavy atom. The van der Waals surface area contributed by atoms with Gasteiger partial charge in [0.25, 0.3) is 5.91 Å². The first-order valence-corrected chi connectivity index (χ1v) is 9.93. The molecule has 0 heterocycles. The SMILES string of the molecule is COc1cc(/C=N\NC(=O)c2cccc(Cl)c2)ccc1OCc1ccc(Cl)cc1Cl. The van der Waals surface area contributed by atoms with E-state index in [0.717, 1.165) is 11.1 Å². The lowest BCUT2D eigenvalue weighted by Crippen LogP contribution is -2.17. The first-order chi connectivity index (χ1) is 14.5. The maximum atomic E-state index is 12.1. The van der Waals surface area contributed by atoms with Gasteiger partial charge in [0.2, 0.25) is 0 Å². The predicted molar refractivity (Wildman–Crippen MR) is 120 cm³/mol. The van der Waals surface area contributed by atoms with E-state index in [4.69, 9.17) is 44.3 Å². The van der Waals surface area contributed by atoms with Crippen LogP contribution < -0.4 is 14.9 Å². The minimum atomic E-state index is -0.361. The Labute approximate surface area is 189 Å². The summed E-state index contributed by atoms with van der Waals surface area (Å²) in [5.74, 6) is 0.703. The van der Waals surface area contributed by atoms with Crippen LogP contribution >= 0.6 is 34.8 Å². The van der Waals surface area contributed by atoms with Gasteiger partial charge in [-0.1, -0.05) is 46.9 Å². The molecule has 0 aromatic heterocycles. The molecule has 0 saturated carbocycles. The van der Waals surface area contributed by atoms with Crippen molar-refractivity contribution in [3.8, 4) is 11.5 Å². The van der Waals surface area contributed by atoms with E-state index in [-0.39, 0.29) is 12.5 Å². The summed E-state index contributed by atoms with van der Waals surface area (Å²) in [6.45, 7) is 0.259. The second-order valence-corrected chi connectivity index (χ2v) is 7.42. The van der Waals surface area contributed by atoms with Gasteiger partial charge in [-0.2, -0.15) is 5.10 Å². The standard InChI is InChI=1S/C22H17Cl3N2O3/c1-29-21-9-14(12-26-27-22(28)15-3-2-4-17(23)10-15)5-8-20(21)30-13-16-6-7-18(24)11-19(16)25/h2-12H,13H2,1H3,(H,27,28)/b26-12-. The number of carbonyl (C=O) groups excluding carboxylic acids is 1. The molecule has 5 nitrogen and oxygen atoms in total. The fraction of sp³-hybridized carbons (Fsp3) is 0.0909. The number of hydrazone groups is 1. The average molecular weight is 464 g/mol. The monoisotopic (exact) mass is 462 g/mol. The van der Waals surface area contributed by atoms with Crippen molar-refractivity contribution >= 4 is 46.9 Å². The van der Waals surface area contributed by atoms with E-state index in [2.05, 4.69) is 10.5 Å². The van der Waals surface area contributed by atoms with Crippen LogP contribution in [0.4, 0.5) is 0 Å². The topological polar surface area (TPSA) is 59.9 Å². The number of hydrogen-bond donors (Lipinski definition) is 1. The fourth-order valence-electron chi connectivity index (χ4n) is 2.54. The lowest BCUT2D eigenvalue weighted by atomic mass is 10.2. The number of methoxy groups -OCH3 is 1. The van der Waals surface area contributed by atoms with Gasteiger partial charge in [0.15, 0.2) is 11.5 Å². The summed E-state index contributed by atoms with van der Waals surface area (Å²) in [5, 5.41) is 5.54. The molecule has 0 spiro atoms. The highest BCUT2D eigenvalue weighted by molar-refractivity contribution is 6.35. The van der Waals surface area contributed by atoms with Gasteiger partial charge in [-0.15, -0.1) is 0 Å². The van der Waals surface area contributed by atoms with E-state index in [0.29, 0.717) is 32.1 Å². The molecule has 30 heavy (non-hydrogen) atoms. The number of hydrogen-bond acceptors (Lipinski definition) is 4. The van der Waals surface area contributed by atoms with Crippen molar-refractivity contribution in [2.75, 3.05) is 7.11 Å². The van der Waals surface area contributed by atoms with E-state index in [1.807, 2.05) is 0 Å². The van der Waals surface area contributed by atoms with Gasteiger partial charge in [0.1, 0.15) is 6.61 Å². The molecule has 3 aromatic carbocycles. The largest absolute Gasteiger partial charge is 0.493 e. The number of halogens is 3. The third kappa shape index (κ3) is 5.89. The quantitative estimate of drug-likeness (QED) is 0.345. The summed E-state index contributed by atoms with van der Waals surface area (Å²) in [4.78, 5) is 12.1. The van der Waals surface area contributed by atoms with Gasteiger partial charge < -0.3 is 9.47 Å². The molecule has 0 aliphatic heterocycles. The van der Waals surface area contributed by atoms with Crippen molar-refractivity contribution < 1.29 is 14.3 Å². The summed E-state index contributed by atoms with van der Waals surface area (Å²) >= 11 is 18.0. The van der Waals surface area contributed by atoms with Crippen LogP contribution in [0.3, 0.4) is 0 Å². The molecule has 3 aromatic rings. The van der Waals surface area contributed by atoms with Crippen molar-refractivity contribution in [1.82, 2.24) is 5.43 Å². The molecule has 0 aliphatic rings. The lowest BCUT2D eigenvalue weighted by Gasteiger charge is -2.12. The summed E-state index contributed by atoms with van der Waals surface area (Å²) < 4.78 is 11.2. The first kappa shape index (κ1) is 22.0. The Hall–Kier alpha value is -2.73. The van der Waals surface area contributed by atoms with Crippen LogP contribution in [-0.2, 0) is 6.61 Å². The van der Waals surface area contributed by atoms with Crippen LogP contribution in [0, 0.1) is 0 Å². The highest BCUT2D eigenvalue weighted by Gasteiger charge is 2.08. The minimum absolute atomic E-state index is 0.259. The normalized spacial score (nSPS) is 10.8. The number of rotatable bonds is 7. The molecular weight excluding hydrogens is 447 g/mol. The van der Waals surface area contributed by atoms with Crippen LogP contribution in [0.15, 0.2) is 65.8 Å². The van der Waals surface area contributed by atoms with Crippen LogP contribution in [0.2, 0.25) is 15.1 Å². The first-order valence-electron chi connectivity index (χ1n) is 8.80. The van der Waals surface area contributed by atoms with Gasteiger partial charge in [-0.25, -0.2) is 5.43 Å². The maximum absolute atomic E-state index is 12.1. The van der Waals surface area contributed by atoms with Crippen molar-refractivity contribution in [2.24, 2.45) is 5.10 Å².